The molecule has 1 aliphatic rings. The molecule has 1 amide bonds. The highest BCUT2D eigenvalue weighted by Gasteiger charge is 2.22. The van der Waals surface area contributed by atoms with E-state index < -0.39 is 6.10 Å². The number of benzene rings is 1. The van der Waals surface area contributed by atoms with E-state index in [0.29, 0.717) is 44.0 Å². The summed E-state index contributed by atoms with van der Waals surface area (Å²) in [5.41, 5.74) is 0.717. The van der Waals surface area contributed by atoms with Crippen molar-refractivity contribution in [2.24, 2.45) is 0 Å². The first-order valence-electron chi connectivity index (χ1n) is 9.81. The van der Waals surface area contributed by atoms with E-state index in [1.165, 1.54) is 18.4 Å². The molecule has 0 aliphatic carbocycles. The van der Waals surface area contributed by atoms with E-state index in [1.54, 1.807) is 25.3 Å². The van der Waals surface area contributed by atoms with Crippen molar-refractivity contribution < 1.29 is 33.6 Å². The quantitative estimate of drug-likeness (QED) is 0.493. The lowest BCUT2D eigenvalue weighted by Gasteiger charge is -2.13. The van der Waals surface area contributed by atoms with Gasteiger partial charge in [-0.2, -0.15) is 4.98 Å². The first-order valence-corrected chi connectivity index (χ1v) is 10.6. The monoisotopic (exact) mass is 461 g/mol. The summed E-state index contributed by atoms with van der Waals surface area (Å²) >= 11 is 1.24. The number of thiophene rings is 1. The number of nitrogens with one attached hydrogen (secondary N) is 1. The third-order valence-corrected chi connectivity index (χ3v) is 5.95. The predicted molar refractivity (Wildman–Crippen MR) is 116 cm³/mol. The van der Waals surface area contributed by atoms with Crippen LogP contribution in [0.2, 0.25) is 0 Å². The average molecular weight is 461 g/mol. The van der Waals surface area contributed by atoms with Crippen molar-refractivity contribution in [1.82, 2.24) is 15.3 Å². The van der Waals surface area contributed by atoms with E-state index in [2.05, 4.69) is 15.3 Å². The maximum atomic E-state index is 12.8. The van der Waals surface area contributed by atoms with Gasteiger partial charge in [-0.25, -0.2) is 4.98 Å². The molecule has 0 spiro atoms. The van der Waals surface area contributed by atoms with Crippen molar-refractivity contribution in [3.8, 4) is 23.1 Å². The molecule has 0 bridgehead atoms. The van der Waals surface area contributed by atoms with Crippen molar-refractivity contribution in [3.63, 3.8) is 0 Å². The molecule has 4 rings (SSSR count). The van der Waals surface area contributed by atoms with Crippen molar-refractivity contribution in [2.45, 2.75) is 19.6 Å². The van der Waals surface area contributed by atoms with Gasteiger partial charge in [0.2, 0.25) is 12.7 Å². The Balaban J connectivity index is 1.38. The number of fused-ring (bicyclic) bond motifs is 2. The van der Waals surface area contributed by atoms with Gasteiger partial charge in [0.1, 0.15) is 29.9 Å². The minimum Gasteiger partial charge on any atom is -0.491 e. The lowest BCUT2D eigenvalue weighted by atomic mass is 10.2. The number of aromatic nitrogens is 2. The number of amides is 1. The highest BCUT2D eigenvalue weighted by atomic mass is 32.1. The van der Waals surface area contributed by atoms with Gasteiger partial charge in [-0.15, -0.1) is 11.3 Å². The number of rotatable bonds is 9. The van der Waals surface area contributed by atoms with Crippen LogP contribution in [0.4, 0.5) is 0 Å². The fourth-order valence-corrected chi connectivity index (χ4v) is 4.32. The molecule has 1 unspecified atom stereocenters. The van der Waals surface area contributed by atoms with Gasteiger partial charge in [-0.3, -0.25) is 4.79 Å². The SMILES string of the molecule is COCc1nc(OC)c2c(C)c(C(=O)NCC(O)COc3ccc4c(c3)OCO4)sc2n1. The second-order valence-corrected chi connectivity index (χ2v) is 8.01. The third-order valence-electron chi connectivity index (χ3n) is 4.76. The van der Waals surface area contributed by atoms with Crippen LogP contribution >= 0.6 is 11.3 Å². The Bertz CT molecular complexity index is 1130. The first-order chi connectivity index (χ1) is 15.5. The molecule has 3 aromatic rings. The number of carbonyl (C=O) groups is 1. The molecule has 32 heavy (non-hydrogen) atoms. The average Bonchev–Trinajstić information content (AvgIpc) is 3.39. The maximum absolute atomic E-state index is 12.8. The second-order valence-electron chi connectivity index (χ2n) is 7.01. The number of carbonyl (C=O) groups excluding carboxylic acids is 1. The number of nitrogens with zero attached hydrogens (tertiary/aromatic N) is 2. The van der Waals surface area contributed by atoms with Crippen LogP contribution in [-0.2, 0) is 11.3 Å². The van der Waals surface area contributed by atoms with E-state index in [0.717, 1.165) is 5.56 Å². The van der Waals surface area contributed by atoms with Gasteiger partial charge in [0, 0.05) is 19.7 Å². The fourth-order valence-electron chi connectivity index (χ4n) is 3.21. The molecule has 0 fully saturated rings. The zero-order chi connectivity index (χ0) is 22.7. The van der Waals surface area contributed by atoms with Crippen LogP contribution in [0.25, 0.3) is 10.2 Å². The summed E-state index contributed by atoms with van der Waals surface area (Å²) in [5.74, 6) is 2.34. The van der Waals surface area contributed by atoms with Crippen LogP contribution in [0.3, 0.4) is 0 Å². The molecule has 170 valence electrons. The summed E-state index contributed by atoms with van der Waals surface area (Å²) in [6, 6.07) is 5.16. The van der Waals surface area contributed by atoms with Gasteiger partial charge in [-0.1, -0.05) is 0 Å². The van der Waals surface area contributed by atoms with Gasteiger partial charge in [-0.05, 0) is 24.6 Å². The predicted octanol–water partition coefficient (Wildman–Crippen LogP) is 2.05. The molecule has 0 saturated carbocycles. The molecule has 10 nitrogen and oxygen atoms in total. The minimum atomic E-state index is -0.901. The Morgan fingerprint density at radius 3 is 2.88 bits per heavy atom. The number of hydrogen-bond acceptors (Lipinski definition) is 10. The van der Waals surface area contributed by atoms with Crippen LogP contribution in [0, 0.1) is 6.92 Å². The van der Waals surface area contributed by atoms with Gasteiger partial charge in [0.15, 0.2) is 17.3 Å². The minimum absolute atomic E-state index is 0.00496. The smallest absolute Gasteiger partial charge is 0.261 e. The molecule has 1 atom stereocenters. The van der Waals surface area contributed by atoms with E-state index in [-0.39, 0.29) is 32.5 Å². The molecule has 3 heterocycles. The van der Waals surface area contributed by atoms with Gasteiger partial charge in [0.05, 0.1) is 17.4 Å². The highest BCUT2D eigenvalue weighted by Crippen LogP contribution is 2.36. The van der Waals surface area contributed by atoms with E-state index in [9.17, 15) is 9.90 Å². The number of hydrogen-bond donors (Lipinski definition) is 2. The first kappa shape index (κ1) is 22.1. The summed E-state index contributed by atoms with van der Waals surface area (Å²) in [6.07, 6.45) is -0.901. The van der Waals surface area contributed by atoms with Gasteiger partial charge >= 0.3 is 0 Å². The van der Waals surface area contributed by atoms with Crippen LogP contribution in [0.15, 0.2) is 18.2 Å². The summed E-state index contributed by atoms with van der Waals surface area (Å²) in [6.45, 7) is 2.25. The third kappa shape index (κ3) is 4.54. The van der Waals surface area contributed by atoms with Gasteiger partial charge in [0.25, 0.3) is 5.91 Å². The van der Waals surface area contributed by atoms with E-state index in [4.69, 9.17) is 23.7 Å². The number of methoxy groups -OCH3 is 2. The number of aryl methyl sites for hydroxylation is 1. The summed E-state index contributed by atoms with van der Waals surface area (Å²) in [4.78, 5) is 22.7. The lowest BCUT2D eigenvalue weighted by Crippen LogP contribution is -2.35. The number of ether oxygens (including phenoxy) is 5. The van der Waals surface area contributed by atoms with Crippen LogP contribution < -0.4 is 24.3 Å². The zero-order valence-corrected chi connectivity index (χ0v) is 18.7. The summed E-state index contributed by atoms with van der Waals surface area (Å²) < 4.78 is 26.6. The van der Waals surface area contributed by atoms with Crippen molar-refractivity contribution >= 4 is 27.5 Å². The molecule has 0 radical (unpaired) electrons. The normalized spacial score (nSPS) is 13.2. The largest absolute Gasteiger partial charge is 0.491 e. The van der Waals surface area contributed by atoms with E-state index in [1.807, 2.05) is 6.92 Å². The molecule has 2 aromatic heterocycles. The Morgan fingerprint density at radius 1 is 1.28 bits per heavy atom. The Morgan fingerprint density at radius 2 is 2.09 bits per heavy atom. The molecule has 0 saturated heterocycles. The highest BCUT2D eigenvalue weighted by molar-refractivity contribution is 7.20. The molecule has 2 N–H and O–H groups in total. The second kappa shape index (κ2) is 9.55. The fraction of sp³-hybridized carbons (Fsp3) is 0.381. The van der Waals surface area contributed by atoms with Gasteiger partial charge < -0.3 is 34.1 Å². The van der Waals surface area contributed by atoms with Crippen molar-refractivity contribution in [3.05, 3.63) is 34.5 Å². The summed E-state index contributed by atoms with van der Waals surface area (Å²) in [7, 11) is 3.08. The van der Waals surface area contributed by atoms with Crippen LogP contribution in [-0.4, -0.2) is 61.2 Å². The molecular weight excluding hydrogens is 438 g/mol. The summed E-state index contributed by atoms with van der Waals surface area (Å²) in [5, 5.41) is 13.7. The van der Waals surface area contributed by atoms with Crippen LogP contribution in [0.5, 0.6) is 23.1 Å². The molecule has 1 aliphatic heterocycles. The van der Waals surface area contributed by atoms with Crippen molar-refractivity contribution in [2.75, 3.05) is 34.2 Å². The Hall–Kier alpha value is -3.15. The molecule has 1 aromatic carbocycles. The topological polar surface area (TPSA) is 121 Å². The van der Waals surface area contributed by atoms with Crippen molar-refractivity contribution in [1.29, 1.82) is 0 Å². The molecule has 11 heteroatoms. The van der Waals surface area contributed by atoms with E-state index >= 15 is 0 Å². The number of aliphatic hydroxyl groups is 1. The lowest BCUT2D eigenvalue weighted by molar-refractivity contribution is 0.0846. The molecular formula is C21H23N3O7S. The standard InChI is InChI=1S/C21H23N3O7S/c1-11-17-20(28-3)23-16(9-27-2)24-21(17)32-18(11)19(26)22-7-12(25)8-29-13-4-5-14-15(6-13)31-10-30-14/h4-6,12,25H,7-10H2,1-3H3,(H,22,26). The maximum Gasteiger partial charge on any atom is 0.261 e. The Labute approximate surface area is 188 Å². The Kier molecular flexibility index (Phi) is 6.58. The van der Waals surface area contributed by atoms with Crippen LogP contribution in [0.1, 0.15) is 21.1 Å². The number of aliphatic hydroxyl groups excluding tert-OH is 1. The zero-order valence-electron chi connectivity index (χ0n) is 17.8.